The van der Waals surface area contributed by atoms with Gasteiger partial charge in [-0.2, -0.15) is 0 Å². The van der Waals surface area contributed by atoms with E-state index < -0.39 is 5.41 Å². The molecule has 1 rings (SSSR count). The van der Waals surface area contributed by atoms with Crippen LogP contribution in [0.5, 0.6) is 0 Å². The van der Waals surface area contributed by atoms with Crippen molar-refractivity contribution in [3.63, 3.8) is 0 Å². The first-order valence-electron chi connectivity index (χ1n) is 7.02. The molecule has 0 spiro atoms. The van der Waals surface area contributed by atoms with E-state index in [4.69, 9.17) is 4.84 Å². The van der Waals surface area contributed by atoms with E-state index >= 15 is 0 Å². The van der Waals surface area contributed by atoms with Crippen molar-refractivity contribution >= 4 is 5.97 Å². The monoisotopic (exact) mass is 256 g/mol. The van der Waals surface area contributed by atoms with Crippen LogP contribution in [0.1, 0.15) is 53.9 Å². The molecule has 0 radical (unpaired) electrons. The SMILES string of the molecule is CC(C)NC1CCCCN(OC(=O)C(C)(C)C)C1. The fraction of sp³-hybridized carbons (Fsp3) is 0.929. The Hall–Kier alpha value is -0.610. The first-order chi connectivity index (χ1) is 8.29. The Balaban J connectivity index is 2.51. The number of nitrogens with zero attached hydrogens (tertiary/aromatic N) is 1. The number of hydroxylamine groups is 2. The lowest BCUT2D eigenvalue weighted by Crippen LogP contribution is -2.44. The van der Waals surface area contributed by atoms with Gasteiger partial charge in [0.1, 0.15) is 0 Å². The standard InChI is InChI=1S/C14H28N2O2/c1-11(2)15-12-8-6-7-9-16(10-12)18-13(17)14(3,4)5/h11-12,15H,6-10H2,1-5H3. The van der Waals surface area contributed by atoms with Gasteiger partial charge in [0.2, 0.25) is 0 Å². The molecule has 1 atom stereocenters. The fourth-order valence-electron chi connectivity index (χ4n) is 2.05. The Labute approximate surface area is 111 Å². The van der Waals surface area contributed by atoms with Gasteiger partial charge < -0.3 is 10.2 Å². The number of carbonyl (C=O) groups excluding carboxylic acids is 1. The third-order valence-electron chi connectivity index (χ3n) is 3.03. The van der Waals surface area contributed by atoms with Gasteiger partial charge in [0.25, 0.3) is 0 Å². The molecule has 1 unspecified atom stereocenters. The number of rotatable bonds is 3. The highest BCUT2D eigenvalue weighted by Gasteiger charge is 2.28. The number of carbonyl (C=O) groups is 1. The minimum absolute atomic E-state index is 0.146. The van der Waals surface area contributed by atoms with Gasteiger partial charge in [0, 0.05) is 18.6 Å². The zero-order chi connectivity index (χ0) is 13.8. The van der Waals surface area contributed by atoms with Gasteiger partial charge in [-0.1, -0.05) is 20.3 Å². The fourth-order valence-corrected chi connectivity index (χ4v) is 2.05. The molecule has 1 N–H and O–H groups in total. The zero-order valence-electron chi connectivity index (χ0n) is 12.5. The second-order valence-corrected chi connectivity index (χ2v) is 6.53. The summed E-state index contributed by atoms with van der Waals surface area (Å²) in [4.78, 5) is 17.4. The van der Waals surface area contributed by atoms with Gasteiger partial charge in [-0.05, 0) is 33.6 Å². The maximum Gasteiger partial charge on any atom is 0.330 e. The van der Waals surface area contributed by atoms with Gasteiger partial charge in [-0.3, -0.25) is 0 Å². The largest absolute Gasteiger partial charge is 0.367 e. The van der Waals surface area contributed by atoms with E-state index in [1.165, 1.54) is 6.42 Å². The average molecular weight is 256 g/mol. The highest BCUT2D eigenvalue weighted by molar-refractivity contribution is 5.75. The molecule has 1 heterocycles. The predicted molar refractivity (Wildman–Crippen MR) is 73.0 cm³/mol. The van der Waals surface area contributed by atoms with Crippen molar-refractivity contribution in [2.75, 3.05) is 13.1 Å². The van der Waals surface area contributed by atoms with Crippen LogP contribution in [0.2, 0.25) is 0 Å². The summed E-state index contributed by atoms with van der Waals surface area (Å²) in [5, 5.41) is 5.36. The first kappa shape index (κ1) is 15.4. The van der Waals surface area contributed by atoms with Gasteiger partial charge in [0.15, 0.2) is 0 Å². The van der Waals surface area contributed by atoms with Crippen LogP contribution in [-0.2, 0) is 9.63 Å². The minimum Gasteiger partial charge on any atom is -0.367 e. The minimum atomic E-state index is -0.437. The molecule has 106 valence electrons. The van der Waals surface area contributed by atoms with E-state index in [9.17, 15) is 4.79 Å². The van der Waals surface area contributed by atoms with Gasteiger partial charge in [-0.25, -0.2) is 4.79 Å². The molecule has 0 aromatic heterocycles. The summed E-state index contributed by atoms with van der Waals surface area (Å²) in [6.45, 7) is 11.6. The molecule has 1 aliphatic heterocycles. The Bertz CT molecular complexity index is 271. The number of hydrogen-bond acceptors (Lipinski definition) is 4. The van der Waals surface area contributed by atoms with Gasteiger partial charge >= 0.3 is 5.97 Å². The van der Waals surface area contributed by atoms with Crippen molar-refractivity contribution in [1.82, 2.24) is 10.4 Å². The van der Waals surface area contributed by atoms with Crippen LogP contribution < -0.4 is 5.32 Å². The highest BCUT2D eigenvalue weighted by Crippen LogP contribution is 2.18. The van der Waals surface area contributed by atoms with Crippen LogP contribution in [0.3, 0.4) is 0 Å². The maximum absolute atomic E-state index is 11.9. The Morgan fingerprint density at radius 2 is 2.00 bits per heavy atom. The molecule has 0 aromatic carbocycles. The topological polar surface area (TPSA) is 41.6 Å². The van der Waals surface area contributed by atoms with Crippen LogP contribution in [0.4, 0.5) is 0 Å². The van der Waals surface area contributed by atoms with Crippen molar-refractivity contribution in [3.05, 3.63) is 0 Å². The lowest BCUT2D eigenvalue weighted by atomic mass is 9.98. The van der Waals surface area contributed by atoms with Crippen LogP contribution >= 0.6 is 0 Å². The van der Waals surface area contributed by atoms with Crippen LogP contribution in [0.25, 0.3) is 0 Å². The summed E-state index contributed by atoms with van der Waals surface area (Å²) in [6, 6.07) is 0.883. The van der Waals surface area contributed by atoms with E-state index in [1.807, 2.05) is 25.8 Å². The zero-order valence-corrected chi connectivity index (χ0v) is 12.5. The molecule has 1 aliphatic rings. The molecular weight excluding hydrogens is 228 g/mol. The van der Waals surface area contributed by atoms with Crippen LogP contribution in [0, 0.1) is 5.41 Å². The Kier molecular flexibility index (Phi) is 5.60. The van der Waals surface area contributed by atoms with E-state index in [0.29, 0.717) is 12.1 Å². The van der Waals surface area contributed by atoms with Crippen molar-refractivity contribution in [3.8, 4) is 0 Å². The predicted octanol–water partition coefficient (Wildman–Crippen LogP) is 2.34. The molecule has 4 heteroatoms. The maximum atomic E-state index is 11.9. The molecule has 4 nitrogen and oxygen atoms in total. The molecule has 0 saturated carbocycles. The van der Waals surface area contributed by atoms with Crippen molar-refractivity contribution in [1.29, 1.82) is 0 Å². The van der Waals surface area contributed by atoms with Crippen LogP contribution in [-0.4, -0.2) is 36.2 Å². The van der Waals surface area contributed by atoms with E-state index in [1.54, 1.807) is 0 Å². The van der Waals surface area contributed by atoms with Crippen LogP contribution in [0.15, 0.2) is 0 Å². The lowest BCUT2D eigenvalue weighted by Gasteiger charge is -2.27. The summed E-state index contributed by atoms with van der Waals surface area (Å²) in [6.07, 6.45) is 3.43. The summed E-state index contributed by atoms with van der Waals surface area (Å²) in [5.41, 5.74) is -0.437. The van der Waals surface area contributed by atoms with Crippen molar-refractivity contribution in [2.45, 2.75) is 66.0 Å². The quantitative estimate of drug-likeness (QED) is 0.841. The molecular formula is C14H28N2O2. The molecule has 0 amide bonds. The van der Waals surface area contributed by atoms with E-state index in [0.717, 1.165) is 25.9 Å². The summed E-state index contributed by atoms with van der Waals surface area (Å²) >= 11 is 0. The average Bonchev–Trinajstić information content (AvgIpc) is 2.41. The third-order valence-corrected chi connectivity index (χ3v) is 3.03. The highest BCUT2D eigenvalue weighted by atomic mass is 16.7. The van der Waals surface area contributed by atoms with E-state index in [2.05, 4.69) is 19.2 Å². The lowest BCUT2D eigenvalue weighted by molar-refractivity contribution is -0.201. The Morgan fingerprint density at radius 3 is 2.56 bits per heavy atom. The second kappa shape index (κ2) is 6.53. The smallest absolute Gasteiger partial charge is 0.330 e. The molecule has 1 fully saturated rings. The third kappa shape index (κ3) is 5.36. The van der Waals surface area contributed by atoms with E-state index in [-0.39, 0.29) is 5.97 Å². The summed E-state index contributed by atoms with van der Waals surface area (Å²) in [5.74, 6) is -0.146. The first-order valence-corrected chi connectivity index (χ1v) is 7.02. The normalized spacial score (nSPS) is 22.9. The summed E-state index contributed by atoms with van der Waals surface area (Å²) in [7, 11) is 0. The van der Waals surface area contributed by atoms with Crippen molar-refractivity contribution in [2.24, 2.45) is 5.41 Å². The molecule has 18 heavy (non-hydrogen) atoms. The summed E-state index contributed by atoms with van der Waals surface area (Å²) < 4.78 is 0. The molecule has 0 bridgehead atoms. The molecule has 0 aromatic rings. The molecule has 1 saturated heterocycles. The number of nitrogens with one attached hydrogen (secondary N) is 1. The second-order valence-electron chi connectivity index (χ2n) is 6.53. The molecule has 0 aliphatic carbocycles. The number of hydrogen-bond donors (Lipinski definition) is 1. The Morgan fingerprint density at radius 1 is 1.33 bits per heavy atom. The van der Waals surface area contributed by atoms with Gasteiger partial charge in [0.05, 0.1) is 12.0 Å². The van der Waals surface area contributed by atoms with Crippen molar-refractivity contribution < 1.29 is 9.63 Å². The van der Waals surface area contributed by atoms with Gasteiger partial charge in [-0.15, -0.1) is 5.06 Å².